The van der Waals surface area contributed by atoms with E-state index < -0.39 is 0 Å². The van der Waals surface area contributed by atoms with E-state index in [-0.39, 0.29) is 0 Å². The van der Waals surface area contributed by atoms with E-state index in [4.69, 9.17) is 4.74 Å². The average Bonchev–Trinajstić information content (AvgIpc) is 2.95. The molecule has 1 aromatic rings. The first-order valence-electron chi connectivity index (χ1n) is 7.93. The second-order valence-corrected chi connectivity index (χ2v) is 6.16. The number of rotatable bonds is 5. The lowest BCUT2D eigenvalue weighted by atomic mass is 9.79. The van der Waals surface area contributed by atoms with Gasteiger partial charge >= 0.3 is 0 Å². The standard InChI is InChI=1S/C17H25NO2/c19-12-16-4-2-1-3-15(16)11-18-10-13-5-6-17-14(9-13)7-8-20-17/h5-6,9,15-16,18-19H,1-4,7-8,10-12H2. The highest BCUT2D eigenvalue weighted by Crippen LogP contribution is 2.29. The summed E-state index contributed by atoms with van der Waals surface area (Å²) in [7, 11) is 0. The van der Waals surface area contributed by atoms with E-state index in [9.17, 15) is 5.11 Å². The van der Waals surface area contributed by atoms with Gasteiger partial charge in [-0.2, -0.15) is 0 Å². The third-order valence-electron chi connectivity index (χ3n) is 4.79. The highest BCUT2D eigenvalue weighted by molar-refractivity contribution is 5.39. The van der Waals surface area contributed by atoms with Crippen LogP contribution in [0.25, 0.3) is 0 Å². The smallest absolute Gasteiger partial charge is 0.122 e. The fourth-order valence-electron chi connectivity index (χ4n) is 3.55. The molecule has 3 nitrogen and oxygen atoms in total. The molecule has 2 aliphatic rings. The molecule has 0 spiro atoms. The summed E-state index contributed by atoms with van der Waals surface area (Å²) in [4.78, 5) is 0. The molecule has 0 aromatic heterocycles. The molecule has 1 heterocycles. The van der Waals surface area contributed by atoms with E-state index >= 15 is 0 Å². The monoisotopic (exact) mass is 275 g/mol. The first kappa shape index (κ1) is 13.9. The maximum absolute atomic E-state index is 9.44. The molecule has 3 heteroatoms. The molecule has 0 bridgehead atoms. The van der Waals surface area contributed by atoms with Crippen LogP contribution in [-0.4, -0.2) is 24.9 Å². The maximum Gasteiger partial charge on any atom is 0.122 e. The molecule has 0 amide bonds. The quantitative estimate of drug-likeness (QED) is 0.867. The van der Waals surface area contributed by atoms with Gasteiger partial charge in [-0.05, 0) is 48.4 Å². The van der Waals surface area contributed by atoms with Crippen LogP contribution in [0.1, 0.15) is 36.8 Å². The summed E-state index contributed by atoms with van der Waals surface area (Å²) in [5, 5.41) is 13.0. The fourth-order valence-corrected chi connectivity index (χ4v) is 3.55. The molecular weight excluding hydrogens is 250 g/mol. The number of aliphatic hydroxyl groups is 1. The lowest BCUT2D eigenvalue weighted by molar-refractivity contribution is 0.133. The Morgan fingerprint density at radius 2 is 2.05 bits per heavy atom. The van der Waals surface area contributed by atoms with Crippen molar-refractivity contribution in [3.63, 3.8) is 0 Å². The molecule has 20 heavy (non-hydrogen) atoms. The molecule has 2 unspecified atom stereocenters. The Morgan fingerprint density at radius 3 is 2.90 bits per heavy atom. The third kappa shape index (κ3) is 3.15. The molecule has 1 aliphatic carbocycles. The third-order valence-corrected chi connectivity index (χ3v) is 4.79. The molecule has 1 aromatic carbocycles. The molecule has 0 radical (unpaired) electrons. The SMILES string of the molecule is OCC1CCCCC1CNCc1ccc2c(c1)CCO2. The summed E-state index contributed by atoms with van der Waals surface area (Å²) in [5.41, 5.74) is 2.68. The van der Waals surface area contributed by atoms with Gasteiger partial charge in [0.15, 0.2) is 0 Å². The van der Waals surface area contributed by atoms with Crippen LogP contribution >= 0.6 is 0 Å². The highest BCUT2D eigenvalue weighted by atomic mass is 16.5. The van der Waals surface area contributed by atoms with Gasteiger partial charge in [-0.3, -0.25) is 0 Å². The fraction of sp³-hybridized carbons (Fsp3) is 0.647. The lowest BCUT2D eigenvalue weighted by Gasteiger charge is -2.30. The van der Waals surface area contributed by atoms with Crippen molar-refractivity contribution in [1.82, 2.24) is 5.32 Å². The molecule has 2 atom stereocenters. The van der Waals surface area contributed by atoms with E-state index in [1.54, 1.807) is 0 Å². The van der Waals surface area contributed by atoms with Crippen LogP contribution in [-0.2, 0) is 13.0 Å². The lowest BCUT2D eigenvalue weighted by Crippen LogP contribution is -2.32. The maximum atomic E-state index is 9.44. The highest BCUT2D eigenvalue weighted by Gasteiger charge is 2.23. The van der Waals surface area contributed by atoms with Gasteiger partial charge in [0.25, 0.3) is 0 Å². The summed E-state index contributed by atoms with van der Waals surface area (Å²) in [6.45, 7) is 3.12. The first-order chi connectivity index (χ1) is 9.86. The van der Waals surface area contributed by atoms with Crippen molar-refractivity contribution in [2.24, 2.45) is 11.8 Å². The molecule has 1 fully saturated rings. The van der Waals surface area contributed by atoms with Gasteiger partial charge < -0.3 is 15.2 Å². The van der Waals surface area contributed by atoms with Crippen molar-refractivity contribution in [2.45, 2.75) is 38.6 Å². The van der Waals surface area contributed by atoms with Crippen molar-refractivity contribution >= 4 is 0 Å². The Balaban J connectivity index is 1.49. The number of aliphatic hydroxyl groups excluding tert-OH is 1. The van der Waals surface area contributed by atoms with Crippen LogP contribution in [0.4, 0.5) is 0 Å². The van der Waals surface area contributed by atoms with Crippen LogP contribution < -0.4 is 10.1 Å². The second kappa shape index (κ2) is 6.59. The van der Waals surface area contributed by atoms with Crippen molar-refractivity contribution in [2.75, 3.05) is 19.8 Å². The Bertz CT molecular complexity index is 447. The van der Waals surface area contributed by atoms with Crippen molar-refractivity contribution < 1.29 is 9.84 Å². The zero-order valence-corrected chi connectivity index (χ0v) is 12.1. The molecule has 1 saturated carbocycles. The van der Waals surface area contributed by atoms with Gasteiger partial charge in [0.05, 0.1) is 6.61 Å². The van der Waals surface area contributed by atoms with Gasteiger partial charge in [-0.15, -0.1) is 0 Å². The van der Waals surface area contributed by atoms with E-state index in [0.717, 1.165) is 31.9 Å². The van der Waals surface area contributed by atoms with E-state index in [1.165, 1.54) is 36.8 Å². The Hall–Kier alpha value is -1.06. The van der Waals surface area contributed by atoms with Gasteiger partial charge in [0.2, 0.25) is 0 Å². The van der Waals surface area contributed by atoms with Crippen molar-refractivity contribution in [1.29, 1.82) is 0 Å². The summed E-state index contributed by atoms with van der Waals surface area (Å²) < 4.78 is 5.53. The molecule has 110 valence electrons. The van der Waals surface area contributed by atoms with E-state index in [2.05, 4.69) is 23.5 Å². The van der Waals surface area contributed by atoms with Crippen LogP contribution in [0.3, 0.4) is 0 Å². The second-order valence-electron chi connectivity index (χ2n) is 6.16. The Morgan fingerprint density at radius 1 is 1.20 bits per heavy atom. The van der Waals surface area contributed by atoms with Gasteiger partial charge in [0, 0.05) is 19.6 Å². The number of ether oxygens (including phenoxy) is 1. The summed E-state index contributed by atoms with van der Waals surface area (Å²) in [6.07, 6.45) is 6.10. The summed E-state index contributed by atoms with van der Waals surface area (Å²) in [5.74, 6) is 2.21. The first-order valence-corrected chi connectivity index (χ1v) is 7.93. The molecule has 3 rings (SSSR count). The van der Waals surface area contributed by atoms with Crippen molar-refractivity contribution in [3.05, 3.63) is 29.3 Å². The Labute approximate surface area is 121 Å². The number of fused-ring (bicyclic) bond motifs is 1. The molecule has 1 aliphatic heterocycles. The molecular formula is C17H25NO2. The summed E-state index contributed by atoms with van der Waals surface area (Å²) >= 11 is 0. The Kier molecular flexibility index (Phi) is 4.58. The molecule has 2 N–H and O–H groups in total. The summed E-state index contributed by atoms with van der Waals surface area (Å²) in [6, 6.07) is 6.51. The van der Waals surface area contributed by atoms with Crippen molar-refractivity contribution in [3.8, 4) is 5.75 Å². The number of hydrogen-bond donors (Lipinski definition) is 2. The minimum absolute atomic E-state index is 0.350. The van der Waals surface area contributed by atoms with Crippen LogP contribution in [0.15, 0.2) is 18.2 Å². The minimum Gasteiger partial charge on any atom is -0.493 e. The predicted molar refractivity (Wildman–Crippen MR) is 79.9 cm³/mol. The number of nitrogens with one attached hydrogen (secondary N) is 1. The largest absolute Gasteiger partial charge is 0.493 e. The van der Waals surface area contributed by atoms with Gasteiger partial charge in [0.1, 0.15) is 5.75 Å². The number of hydrogen-bond acceptors (Lipinski definition) is 3. The average molecular weight is 275 g/mol. The van der Waals surface area contributed by atoms with Crippen LogP contribution in [0.5, 0.6) is 5.75 Å². The van der Waals surface area contributed by atoms with Crippen LogP contribution in [0, 0.1) is 11.8 Å². The minimum atomic E-state index is 0.350. The van der Waals surface area contributed by atoms with Crippen LogP contribution in [0.2, 0.25) is 0 Å². The molecule has 0 saturated heterocycles. The van der Waals surface area contributed by atoms with Gasteiger partial charge in [-0.25, -0.2) is 0 Å². The topological polar surface area (TPSA) is 41.5 Å². The van der Waals surface area contributed by atoms with E-state index in [1.807, 2.05) is 0 Å². The van der Waals surface area contributed by atoms with E-state index in [0.29, 0.717) is 18.4 Å². The van der Waals surface area contributed by atoms with Gasteiger partial charge in [-0.1, -0.05) is 25.0 Å². The zero-order valence-electron chi connectivity index (χ0n) is 12.1. The predicted octanol–water partition coefficient (Wildman–Crippen LogP) is 2.51. The zero-order chi connectivity index (χ0) is 13.8. The number of benzene rings is 1. The normalized spacial score (nSPS) is 25.2.